The van der Waals surface area contributed by atoms with Crippen LogP contribution in [0.2, 0.25) is 0 Å². The Labute approximate surface area is 196 Å². The van der Waals surface area contributed by atoms with Gasteiger partial charge in [-0.3, -0.25) is 9.59 Å². The molecule has 0 radical (unpaired) electrons. The van der Waals surface area contributed by atoms with Crippen LogP contribution in [0.1, 0.15) is 57.3 Å². The molecule has 180 valence electrons. The zero-order chi connectivity index (χ0) is 24.3. The highest BCUT2D eigenvalue weighted by Gasteiger charge is 2.29. The van der Waals surface area contributed by atoms with Crippen molar-refractivity contribution in [2.75, 3.05) is 13.1 Å². The summed E-state index contributed by atoms with van der Waals surface area (Å²) in [5.41, 5.74) is 0.123. The van der Waals surface area contributed by atoms with Gasteiger partial charge >= 0.3 is 0 Å². The Balaban J connectivity index is 2.10. The number of pyridine rings is 1. The van der Waals surface area contributed by atoms with Gasteiger partial charge in [-0.25, -0.2) is 8.42 Å². The third kappa shape index (κ3) is 4.92. The largest absolute Gasteiger partial charge is 0.349 e. The topological polar surface area (TPSA) is 88.5 Å². The molecule has 3 rings (SSSR count). The van der Waals surface area contributed by atoms with E-state index in [1.54, 1.807) is 36.8 Å². The molecule has 1 aliphatic carbocycles. The number of hydrogen-bond donors (Lipinski definition) is 1. The average molecular weight is 474 g/mol. The molecule has 3 atom stereocenters. The second-order valence-corrected chi connectivity index (χ2v) is 10.9. The SMILES string of the molecule is C=CCn1cc(C(=O)N[C@@H]2CCC[C@@H](C)[C@@H]2C)c(=O)c2cc(S(=O)(=O)N(CC)CC)ccc21. The minimum atomic E-state index is -3.74. The molecule has 0 unspecified atom stereocenters. The Kier molecular flexibility index (Phi) is 7.80. The molecule has 8 heteroatoms. The Bertz CT molecular complexity index is 1200. The van der Waals surface area contributed by atoms with Gasteiger partial charge in [0.1, 0.15) is 5.56 Å². The fourth-order valence-corrected chi connectivity index (χ4v) is 6.22. The van der Waals surface area contributed by atoms with Crippen molar-refractivity contribution in [1.29, 1.82) is 0 Å². The number of aromatic nitrogens is 1. The zero-order valence-corrected chi connectivity index (χ0v) is 20.8. The maximum absolute atomic E-state index is 13.4. The van der Waals surface area contributed by atoms with E-state index in [-0.39, 0.29) is 21.9 Å². The first kappa shape index (κ1) is 25.2. The van der Waals surface area contributed by atoms with E-state index in [1.807, 2.05) is 0 Å². The molecule has 33 heavy (non-hydrogen) atoms. The molecular weight excluding hydrogens is 438 g/mol. The molecule has 0 spiro atoms. The smallest absolute Gasteiger partial charge is 0.257 e. The van der Waals surface area contributed by atoms with Crippen LogP contribution in [-0.4, -0.2) is 42.3 Å². The Morgan fingerprint density at radius 3 is 2.58 bits per heavy atom. The predicted octanol–water partition coefficient (Wildman–Crippen LogP) is 3.77. The summed E-state index contributed by atoms with van der Waals surface area (Å²) in [5.74, 6) is 0.415. The van der Waals surface area contributed by atoms with Gasteiger partial charge in [0.05, 0.1) is 10.4 Å². The number of rotatable bonds is 8. The van der Waals surface area contributed by atoms with Gasteiger partial charge < -0.3 is 9.88 Å². The van der Waals surface area contributed by atoms with Crippen LogP contribution in [-0.2, 0) is 16.6 Å². The summed E-state index contributed by atoms with van der Waals surface area (Å²) in [4.78, 5) is 26.6. The number of benzene rings is 1. The molecule has 1 heterocycles. The van der Waals surface area contributed by atoms with Crippen LogP contribution in [0.3, 0.4) is 0 Å². The van der Waals surface area contributed by atoms with Gasteiger partial charge in [-0.1, -0.05) is 46.6 Å². The summed E-state index contributed by atoms with van der Waals surface area (Å²) in [6, 6.07) is 4.55. The first-order chi connectivity index (χ1) is 15.6. The number of nitrogens with one attached hydrogen (secondary N) is 1. The number of carbonyl (C=O) groups is 1. The molecule has 1 amide bonds. The summed E-state index contributed by atoms with van der Waals surface area (Å²) in [6.45, 7) is 12.7. The second kappa shape index (κ2) is 10.2. The van der Waals surface area contributed by atoms with Crippen molar-refractivity contribution >= 4 is 26.8 Å². The normalized spacial score (nSPS) is 21.3. The number of amides is 1. The molecule has 1 aromatic heterocycles. The lowest BCUT2D eigenvalue weighted by molar-refractivity contribution is 0.0889. The fraction of sp³-hybridized carbons (Fsp3) is 0.520. The molecular formula is C25H35N3O4S. The molecule has 7 nitrogen and oxygen atoms in total. The van der Waals surface area contributed by atoms with Crippen LogP contribution >= 0.6 is 0 Å². The molecule has 1 aliphatic rings. The summed E-state index contributed by atoms with van der Waals surface area (Å²) in [7, 11) is -3.74. The van der Waals surface area contributed by atoms with E-state index >= 15 is 0 Å². The van der Waals surface area contributed by atoms with Gasteiger partial charge in [0.15, 0.2) is 0 Å². The molecule has 0 bridgehead atoms. The number of sulfonamides is 1. The fourth-order valence-electron chi connectivity index (χ4n) is 4.73. The molecule has 0 aliphatic heterocycles. The van der Waals surface area contributed by atoms with Crippen molar-refractivity contribution < 1.29 is 13.2 Å². The standard InChI is InChI=1S/C25H35N3O4S/c1-6-14-27-16-21(25(30)26-22-11-9-10-17(4)18(22)5)24(29)20-15-19(12-13-23(20)27)33(31,32)28(7-2)8-3/h6,12-13,15-18,22H,1,7-11,14H2,2-5H3,(H,26,30)/t17-,18+,22-/m1/s1. The number of nitrogens with zero attached hydrogens (tertiary/aromatic N) is 2. The minimum absolute atomic E-state index is 0.0126. The van der Waals surface area contributed by atoms with Gasteiger partial charge in [-0.05, 0) is 36.5 Å². The molecule has 0 saturated heterocycles. The van der Waals surface area contributed by atoms with Crippen molar-refractivity contribution in [3.63, 3.8) is 0 Å². The summed E-state index contributed by atoms with van der Waals surface area (Å²) < 4.78 is 29.2. The van der Waals surface area contributed by atoms with Gasteiger partial charge in [0.25, 0.3) is 5.91 Å². The average Bonchev–Trinajstić information content (AvgIpc) is 2.79. The van der Waals surface area contributed by atoms with Gasteiger partial charge in [-0.2, -0.15) is 4.31 Å². The summed E-state index contributed by atoms with van der Waals surface area (Å²) in [6.07, 6.45) is 6.30. The van der Waals surface area contributed by atoms with Gasteiger partial charge in [0, 0.05) is 37.3 Å². The van der Waals surface area contributed by atoms with E-state index in [1.165, 1.54) is 16.4 Å². The highest BCUT2D eigenvalue weighted by molar-refractivity contribution is 7.89. The molecule has 1 N–H and O–H groups in total. The molecule has 1 aromatic carbocycles. The third-order valence-corrected chi connectivity index (χ3v) is 9.03. The van der Waals surface area contributed by atoms with Gasteiger partial charge in [-0.15, -0.1) is 6.58 Å². The van der Waals surface area contributed by atoms with Crippen molar-refractivity contribution in [1.82, 2.24) is 14.2 Å². The van der Waals surface area contributed by atoms with Crippen molar-refractivity contribution in [2.45, 2.75) is 64.4 Å². The van der Waals surface area contributed by atoms with E-state index in [9.17, 15) is 18.0 Å². The highest BCUT2D eigenvalue weighted by Crippen LogP contribution is 2.29. The van der Waals surface area contributed by atoms with Crippen LogP contribution in [0.5, 0.6) is 0 Å². The predicted molar refractivity (Wildman–Crippen MR) is 132 cm³/mol. The van der Waals surface area contributed by atoms with Crippen LogP contribution in [0, 0.1) is 11.8 Å². The second-order valence-electron chi connectivity index (χ2n) is 8.93. The maximum Gasteiger partial charge on any atom is 0.257 e. The van der Waals surface area contributed by atoms with Crippen molar-refractivity contribution in [2.24, 2.45) is 11.8 Å². The number of allylic oxidation sites excluding steroid dienone is 1. The van der Waals surface area contributed by atoms with E-state index in [0.717, 1.165) is 19.3 Å². The first-order valence-electron chi connectivity index (χ1n) is 11.7. The van der Waals surface area contributed by atoms with E-state index in [0.29, 0.717) is 37.0 Å². The first-order valence-corrected chi connectivity index (χ1v) is 13.2. The monoisotopic (exact) mass is 473 g/mol. The number of fused-ring (bicyclic) bond motifs is 1. The molecule has 2 aromatic rings. The minimum Gasteiger partial charge on any atom is -0.349 e. The molecule has 1 saturated carbocycles. The van der Waals surface area contributed by atoms with Crippen molar-refractivity contribution in [3.8, 4) is 0 Å². The Morgan fingerprint density at radius 1 is 1.24 bits per heavy atom. The summed E-state index contributed by atoms with van der Waals surface area (Å²) in [5, 5.41) is 3.28. The Hall–Kier alpha value is -2.45. The number of carbonyl (C=O) groups excluding carboxylic acids is 1. The lowest BCUT2D eigenvalue weighted by atomic mass is 9.78. The lowest BCUT2D eigenvalue weighted by Gasteiger charge is -2.34. The van der Waals surface area contributed by atoms with Gasteiger partial charge in [0.2, 0.25) is 15.5 Å². The lowest BCUT2D eigenvalue weighted by Crippen LogP contribution is -2.45. The zero-order valence-electron chi connectivity index (χ0n) is 20.0. The van der Waals surface area contributed by atoms with Crippen LogP contribution in [0.15, 0.2) is 46.7 Å². The highest BCUT2D eigenvalue weighted by atomic mass is 32.2. The van der Waals surface area contributed by atoms with E-state index in [4.69, 9.17) is 0 Å². The van der Waals surface area contributed by atoms with E-state index in [2.05, 4.69) is 25.7 Å². The van der Waals surface area contributed by atoms with Crippen LogP contribution < -0.4 is 10.7 Å². The molecule has 1 fully saturated rings. The number of hydrogen-bond acceptors (Lipinski definition) is 4. The maximum atomic E-state index is 13.4. The van der Waals surface area contributed by atoms with E-state index < -0.39 is 21.4 Å². The third-order valence-electron chi connectivity index (χ3n) is 6.99. The summed E-state index contributed by atoms with van der Waals surface area (Å²) >= 11 is 0. The Morgan fingerprint density at radius 2 is 1.94 bits per heavy atom. The van der Waals surface area contributed by atoms with Crippen LogP contribution in [0.4, 0.5) is 0 Å². The van der Waals surface area contributed by atoms with Crippen LogP contribution in [0.25, 0.3) is 10.9 Å². The quantitative estimate of drug-likeness (QED) is 0.591. The van der Waals surface area contributed by atoms with Crippen molar-refractivity contribution in [3.05, 3.63) is 52.8 Å².